The number of amides is 1. The number of nitrogens with one attached hydrogen (secondary N) is 1. The van der Waals surface area contributed by atoms with Crippen LogP contribution in [-0.2, 0) is 9.53 Å². The maximum Gasteiger partial charge on any atom is 0.412 e. The minimum Gasteiger partial charge on any atom is -0.457 e. The van der Waals surface area contributed by atoms with Gasteiger partial charge in [0.05, 0.1) is 11.5 Å². The predicted molar refractivity (Wildman–Crippen MR) is 84.7 cm³/mol. The Morgan fingerprint density at radius 2 is 1.83 bits per heavy atom. The topological polar surface area (TPSA) is 108 Å². The zero-order valence-corrected chi connectivity index (χ0v) is 13.4. The van der Waals surface area contributed by atoms with Gasteiger partial charge in [-0.2, -0.15) is 0 Å². The number of ether oxygens (including phenoxy) is 2. The van der Waals surface area contributed by atoms with E-state index in [1.165, 1.54) is 31.2 Å². The van der Waals surface area contributed by atoms with Crippen molar-refractivity contribution in [1.82, 2.24) is 5.32 Å². The quantitative estimate of drug-likeness (QED) is 0.503. The van der Waals surface area contributed by atoms with Gasteiger partial charge in [-0.05, 0) is 37.8 Å². The highest BCUT2D eigenvalue weighted by Crippen LogP contribution is 2.31. The van der Waals surface area contributed by atoms with Crippen molar-refractivity contribution in [2.75, 3.05) is 6.54 Å². The highest BCUT2D eigenvalue weighted by Gasteiger charge is 2.35. The number of benzene rings is 1. The van der Waals surface area contributed by atoms with Crippen LogP contribution in [0.15, 0.2) is 24.3 Å². The van der Waals surface area contributed by atoms with E-state index in [0.29, 0.717) is 12.8 Å². The fraction of sp³-hybridized carbons (Fsp3) is 0.500. The van der Waals surface area contributed by atoms with Crippen molar-refractivity contribution in [3.8, 4) is 5.75 Å². The monoisotopic (exact) mass is 336 g/mol. The maximum absolute atomic E-state index is 11.9. The minimum absolute atomic E-state index is 0.0845. The van der Waals surface area contributed by atoms with Crippen molar-refractivity contribution < 1.29 is 24.0 Å². The molecule has 1 N–H and O–H groups in total. The third-order valence-corrected chi connectivity index (χ3v) is 3.94. The molecule has 0 saturated heterocycles. The molecule has 0 aliphatic heterocycles. The highest BCUT2D eigenvalue weighted by molar-refractivity contribution is 5.71. The van der Waals surface area contributed by atoms with Gasteiger partial charge in [0.15, 0.2) is 0 Å². The second-order valence-electron chi connectivity index (χ2n) is 5.83. The standard InChI is InChI=1S/C16H20N2O6/c1-12(19)24-16(9-3-2-4-10-16)11-17-15(20)23-14-7-5-13(6-8-14)18(21)22/h5-8H,2-4,9-11H2,1H3,(H,17,20). The second kappa shape index (κ2) is 7.76. The second-order valence-corrected chi connectivity index (χ2v) is 5.83. The van der Waals surface area contributed by atoms with Gasteiger partial charge in [-0.1, -0.05) is 6.42 Å². The van der Waals surface area contributed by atoms with E-state index >= 15 is 0 Å². The molecule has 1 aromatic carbocycles. The first-order chi connectivity index (χ1) is 11.4. The summed E-state index contributed by atoms with van der Waals surface area (Å²) in [6.07, 6.45) is 3.66. The summed E-state index contributed by atoms with van der Waals surface area (Å²) in [6, 6.07) is 5.20. The van der Waals surface area contributed by atoms with Crippen LogP contribution in [0.4, 0.5) is 10.5 Å². The fourth-order valence-electron chi connectivity index (χ4n) is 2.83. The number of hydrogen-bond donors (Lipinski definition) is 1. The Bertz CT molecular complexity index is 607. The van der Waals surface area contributed by atoms with Gasteiger partial charge in [0.25, 0.3) is 5.69 Å². The van der Waals surface area contributed by atoms with Gasteiger partial charge in [-0.25, -0.2) is 4.79 Å². The molecule has 0 atom stereocenters. The molecular weight excluding hydrogens is 316 g/mol. The third-order valence-electron chi connectivity index (χ3n) is 3.94. The van der Waals surface area contributed by atoms with E-state index in [1.807, 2.05) is 0 Å². The molecule has 1 aromatic rings. The number of nitro benzene ring substituents is 1. The van der Waals surface area contributed by atoms with Crippen LogP contribution in [-0.4, -0.2) is 29.1 Å². The first kappa shape index (κ1) is 17.7. The predicted octanol–water partition coefficient (Wildman–Crippen LogP) is 2.95. The van der Waals surface area contributed by atoms with Gasteiger partial charge >= 0.3 is 12.1 Å². The van der Waals surface area contributed by atoms with Crippen molar-refractivity contribution in [2.24, 2.45) is 0 Å². The van der Waals surface area contributed by atoms with Gasteiger partial charge < -0.3 is 14.8 Å². The lowest BCUT2D eigenvalue weighted by Crippen LogP contribution is -2.48. The zero-order valence-electron chi connectivity index (χ0n) is 13.4. The molecule has 1 amide bonds. The van der Waals surface area contributed by atoms with Crippen molar-refractivity contribution in [1.29, 1.82) is 0 Å². The lowest BCUT2D eigenvalue weighted by Gasteiger charge is -2.36. The molecular formula is C16H20N2O6. The lowest BCUT2D eigenvalue weighted by atomic mass is 9.84. The molecule has 0 bridgehead atoms. The maximum atomic E-state index is 11.9. The Morgan fingerprint density at radius 3 is 2.38 bits per heavy atom. The molecule has 24 heavy (non-hydrogen) atoms. The van der Waals surface area contributed by atoms with Crippen LogP contribution >= 0.6 is 0 Å². The molecule has 1 saturated carbocycles. The van der Waals surface area contributed by atoms with Gasteiger partial charge in [0, 0.05) is 19.1 Å². The van der Waals surface area contributed by atoms with E-state index in [1.54, 1.807) is 0 Å². The molecule has 0 unspecified atom stereocenters. The average Bonchev–Trinajstić information content (AvgIpc) is 2.54. The summed E-state index contributed by atoms with van der Waals surface area (Å²) in [7, 11) is 0. The largest absolute Gasteiger partial charge is 0.457 e. The van der Waals surface area contributed by atoms with E-state index in [4.69, 9.17) is 9.47 Å². The molecule has 8 nitrogen and oxygen atoms in total. The third kappa shape index (κ3) is 4.94. The summed E-state index contributed by atoms with van der Waals surface area (Å²) in [6.45, 7) is 1.53. The van der Waals surface area contributed by atoms with E-state index in [9.17, 15) is 19.7 Å². The van der Waals surface area contributed by atoms with Crippen LogP contribution in [0, 0.1) is 10.1 Å². The molecule has 0 spiro atoms. The number of nitrogens with zero attached hydrogens (tertiary/aromatic N) is 1. The van der Waals surface area contributed by atoms with Crippen LogP contribution in [0.1, 0.15) is 39.0 Å². The summed E-state index contributed by atoms with van der Waals surface area (Å²) in [5.41, 5.74) is -0.766. The van der Waals surface area contributed by atoms with Gasteiger partial charge in [-0.15, -0.1) is 0 Å². The normalized spacial score (nSPS) is 16.0. The van der Waals surface area contributed by atoms with Crippen LogP contribution < -0.4 is 10.1 Å². The van der Waals surface area contributed by atoms with Crippen molar-refractivity contribution in [3.05, 3.63) is 34.4 Å². The Balaban J connectivity index is 1.90. The number of esters is 1. The minimum atomic E-state index is -0.694. The lowest BCUT2D eigenvalue weighted by molar-refractivity contribution is -0.384. The smallest absolute Gasteiger partial charge is 0.412 e. The van der Waals surface area contributed by atoms with Crippen LogP contribution in [0.25, 0.3) is 0 Å². The van der Waals surface area contributed by atoms with Gasteiger partial charge in [0.2, 0.25) is 0 Å². The summed E-state index contributed by atoms with van der Waals surface area (Å²) in [5, 5.41) is 13.2. The Hall–Kier alpha value is -2.64. The average molecular weight is 336 g/mol. The number of carbonyl (C=O) groups is 2. The number of hydrogen-bond acceptors (Lipinski definition) is 6. The molecule has 1 aliphatic rings. The summed E-state index contributed by atoms with van der Waals surface area (Å²) in [5.74, 6) is -0.175. The van der Waals surface area contributed by atoms with E-state index in [2.05, 4.69) is 5.32 Å². The molecule has 130 valence electrons. The number of non-ortho nitro benzene ring substituents is 1. The van der Waals surface area contributed by atoms with Crippen molar-refractivity contribution >= 4 is 17.7 Å². The summed E-state index contributed by atoms with van der Waals surface area (Å²) < 4.78 is 10.5. The molecule has 1 aliphatic carbocycles. The molecule has 0 radical (unpaired) electrons. The molecule has 8 heteroatoms. The number of nitro groups is 1. The Morgan fingerprint density at radius 1 is 1.21 bits per heavy atom. The molecule has 1 fully saturated rings. The number of carbonyl (C=O) groups excluding carboxylic acids is 2. The molecule has 0 heterocycles. The van der Waals surface area contributed by atoms with Gasteiger partial charge in [0.1, 0.15) is 11.4 Å². The fourth-order valence-corrected chi connectivity index (χ4v) is 2.83. The van der Waals surface area contributed by atoms with E-state index < -0.39 is 16.6 Å². The zero-order chi connectivity index (χ0) is 17.6. The summed E-state index contributed by atoms with van der Waals surface area (Å²) >= 11 is 0. The van der Waals surface area contributed by atoms with Gasteiger partial charge in [-0.3, -0.25) is 14.9 Å². The molecule has 2 rings (SSSR count). The van der Waals surface area contributed by atoms with E-state index in [-0.39, 0.29) is 24.0 Å². The Labute approximate surface area is 139 Å². The SMILES string of the molecule is CC(=O)OC1(CNC(=O)Oc2ccc([N+](=O)[O-])cc2)CCCCC1. The van der Waals surface area contributed by atoms with Crippen molar-refractivity contribution in [3.63, 3.8) is 0 Å². The highest BCUT2D eigenvalue weighted by atomic mass is 16.6. The first-order valence-corrected chi connectivity index (χ1v) is 7.80. The van der Waals surface area contributed by atoms with Crippen LogP contribution in [0.5, 0.6) is 5.75 Å². The molecule has 0 aromatic heterocycles. The number of rotatable bonds is 5. The Kier molecular flexibility index (Phi) is 5.73. The van der Waals surface area contributed by atoms with E-state index in [0.717, 1.165) is 19.3 Å². The summed E-state index contributed by atoms with van der Waals surface area (Å²) in [4.78, 5) is 33.3. The van der Waals surface area contributed by atoms with Crippen LogP contribution in [0.3, 0.4) is 0 Å². The first-order valence-electron chi connectivity index (χ1n) is 7.80. The van der Waals surface area contributed by atoms with Crippen molar-refractivity contribution in [2.45, 2.75) is 44.6 Å². The van der Waals surface area contributed by atoms with Crippen LogP contribution in [0.2, 0.25) is 0 Å².